The third-order valence-corrected chi connectivity index (χ3v) is 6.31. The van der Waals surface area contributed by atoms with Crippen LogP contribution in [0.3, 0.4) is 0 Å². The fraction of sp³-hybridized carbons (Fsp3) is 0.259. The molecule has 7 heteroatoms. The van der Waals surface area contributed by atoms with Gasteiger partial charge in [0.2, 0.25) is 5.82 Å². The molecule has 2 aromatic heterocycles. The molecule has 2 aromatic carbocycles. The number of likely N-dealkylation sites (tertiary alicyclic amines) is 1. The first-order valence-corrected chi connectivity index (χ1v) is 11.6. The van der Waals surface area contributed by atoms with E-state index in [1.807, 2.05) is 31.6 Å². The van der Waals surface area contributed by atoms with Crippen molar-refractivity contribution in [1.82, 2.24) is 24.4 Å². The van der Waals surface area contributed by atoms with Gasteiger partial charge in [0.25, 0.3) is 0 Å². The Labute approximate surface area is 199 Å². The van der Waals surface area contributed by atoms with E-state index in [9.17, 15) is 0 Å². The Balaban J connectivity index is 1.20. The molecule has 1 N–H and O–H groups in total. The van der Waals surface area contributed by atoms with Crippen molar-refractivity contribution >= 4 is 5.82 Å². The fourth-order valence-electron chi connectivity index (χ4n) is 4.54. The van der Waals surface area contributed by atoms with Crippen molar-refractivity contribution in [2.45, 2.75) is 25.4 Å². The normalized spacial score (nSPS) is 14.6. The second kappa shape index (κ2) is 9.86. The van der Waals surface area contributed by atoms with Crippen molar-refractivity contribution in [3.05, 3.63) is 84.6 Å². The summed E-state index contributed by atoms with van der Waals surface area (Å²) < 4.78 is 2.08. The molecule has 0 amide bonds. The third-order valence-electron chi connectivity index (χ3n) is 6.31. The molecule has 0 bridgehead atoms. The standard InChI is InChI=1S/C27H27N7/c1-33-19-30-26(27(33)22-5-3-2-4-6-22)21-9-7-20(8-10-21)18-34-15-12-23(13-16-34)31-24-11-14-29-25(17-28)32-24/h2-11,14,19,23H,12-13,15-16,18H2,1H3,(H,29,31,32). The predicted octanol–water partition coefficient (Wildman–Crippen LogP) is 4.49. The topological polar surface area (TPSA) is 82.7 Å². The van der Waals surface area contributed by atoms with Crippen LogP contribution in [0.4, 0.5) is 5.82 Å². The zero-order valence-electron chi connectivity index (χ0n) is 19.2. The number of hydrogen-bond donors (Lipinski definition) is 1. The second-order valence-electron chi connectivity index (χ2n) is 8.69. The monoisotopic (exact) mass is 449 g/mol. The van der Waals surface area contributed by atoms with E-state index in [0.29, 0.717) is 6.04 Å². The first-order chi connectivity index (χ1) is 16.7. The largest absolute Gasteiger partial charge is 0.367 e. The Hall–Kier alpha value is -4.02. The number of nitrogens with one attached hydrogen (secondary N) is 1. The number of imidazole rings is 1. The van der Waals surface area contributed by atoms with Crippen LogP contribution < -0.4 is 5.32 Å². The maximum Gasteiger partial charge on any atom is 0.234 e. The van der Waals surface area contributed by atoms with Crippen LogP contribution in [0.15, 0.2) is 73.2 Å². The Morgan fingerprint density at radius 1 is 0.971 bits per heavy atom. The Bertz CT molecular complexity index is 1280. The van der Waals surface area contributed by atoms with Gasteiger partial charge in [-0.1, -0.05) is 54.6 Å². The fourth-order valence-corrected chi connectivity index (χ4v) is 4.54. The average molecular weight is 450 g/mol. The quantitative estimate of drug-likeness (QED) is 0.467. The van der Waals surface area contributed by atoms with Gasteiger partial charge in [0, 0.05) is 50.0 Å². The second-order valence-corrected chi connectivity index (χ2v) is 8.69. The van der Waals surface area contributed by atoms with Gasteiger partial charge in [0.15, 0.2) is 0 Å². The van der Waals surface area contributed by atoms with Gasteiger partial charge in [-0.2, -0.15) is 5.26 Å². The summed E-state index contributed by atoms with van der Waals surface area (Å²) in [7, 11) is 2.04. The molecule has 0 saturated carbocycles. The van der Waals surface area contributed by atoms with Crippen LogP contribution in [0, 0.1) is 11.3 Å². The first-order valence-electron chi connectivity index (χ1n) is 11.6. The van der Waals surface area contributed by atoms with Gasteiger partial charge in [-0.05, 0) is 24.5 Å². The van der Waals surface area contributed by atoms with Crippen LogP contribution in [0.2, 0.25) is 0 Å². The molecule has 1 saturated heterocycles. The van der Waals surface area contributed by atoms with Crippen LogP contribution >= 0.6 is 0 Å². The van der Waals surface area contributed by atoms with E-state index in [4.69, 9.17) is 5.26 Å². The summed E-state index contributed by atoms with van der Waals surface area (Å²) in [5.41, 5.74) is 5.75. The maximum atomic E-state index is 8.98. The number of benzene rings is 2. The molecule has 0 radical (unpaired) electrons. The van der Waals surface area contributed by atoms with Crippen molar-refractivity contribution in [1.29, 1.82) is 5.26 Å². The number of aromatic nitrogens is 4. The Kier molecular flexibility index (Phi) is 6.32. The minimum atomic E-state index is 0.201. The molecule has 7 nitrogen and oxygen atoms in total. The summed E-state index contributed by atoms with van der Waals surface area (Å²) >= 11 is 0. The van der Waals surface area contributed by atoms with Gasteiger partial charge >= 0.3 is 0 Å². The number of piperidine rings is 1. The van der Waals surface area contributed by atoms with Crippen LogP contribution in [0.25, 0.3) is 22.5 Å². The Morgan fingerprint density at radius 2 is 1.74 bits per heavy atom. The minimum absolute atomic E-state index is 0.201. The van der Waals surface area contributed by atoms with Crippen molar-refractivity contribution < 1.29 is 0 Å². The predicted molar refractivity (Wildman–Crippen MR) is 133 cm³/mol. The van der Waals surface area contributed by atoms with E-state index in [1.165, 1.54) is 11.1 Å². The summed E-state index contributed by atoms with van der Waals surface area (Å²) in [5, 5.41) is 12.4. The molecule has 1 aliphatic heterocycles. The van der Waals surface area contributed by atoms with E-state index in [1.54, 1.807) is 6.20 Å². The minimum Gasteiger partial charge on any atom is -0.367 e. The summed E-state index contributed by atoms with van der Waals surface area (Å²) in [4.78, 5) is 15.3. The maximum absolute atomic E-state index is 8.98. The zero-order chi connectivity index (χ0) is 23.3. The molecule has 5 rings (SSSR count). The van der Waals surface area contributed by atoms with Crippen LogP contribution in [0.5, 0.6) is 0 Å². The van der Waals surface area contributed by atoms with Gasteiger partial charge in [-0.3, -0.25) is 4.90 Å². The third kappa shape index (κ3) is 4.82. The number of anilines is 1. The van der Waals surface area contributed by atoms with E-state index in [2.05, 4.69) is 78.3 Å². The lowest BCUT2D eigenvalue weighted by atomic mass is 10.0. The molecule has 170 valence electrons. The molecule has 4 aromatic rings. The van der Waals surface area contributed by atoms with Crippen molar-refractivity contribution in [2.75, 3.05) is 18.4 Å². The van der Waals surface area contributed by atoms with E-state index < -0.39 is 0 Å². The van der Waals surface area contributed by atoms with Crippen molar-refractivity contribution in [3.63, 3.8) is 0 Å². The van der Waals surface area contributed by atoms with Crippen molar-refractivity contribution in [2.24, 2.45) is 7.05 Å². The van der Waals surface area contributed by atoms with E-state index in [-0.39, 0.29) is 5.82 Å². The zero-order valence-corrected chi connectivity index (χ0v) is 19.2. The number of rotatable bonds is 6. The summed E-state index contributed by atoms with van der Waals surface area (Å²) in [6.07, 6.45) is 5.59. The molecular formula is C27H27N7. The molecule has 0 aliphatic carbocycles. The van der Waals surface area contributed by atoms with Crippen LogP contribution in [0.1, 0.15) is 24.2 Å². The molecule has 1 fully saturated rings. The SMILES string of the molecule is Cn1cnc(-c2ccc(CN3CCC(Nc4ccnc(C#N)n4)CC3)cc2)c1-c1ccccc1. The number of nitriles is 1. The summed E-state index contributed by atoms with van der Waals surface area (Å²) in [6, 6.07) is 23.4. The van der Waals surface area contributed by atoms with Gasteiger partial charge in [0.1, 0.15) is 11.9 Å². The number of nitrogens with zero attached hydrogens (tertiary/aromatic N) is 6. The molecule has 0 unspecified atom stereocenters. The molecule has 34 heavy (non-hydrogen) atoms. The smallest absolute Gasteiger partial charge is 0.234 e. The van der Waals surface area contributed by atoms with Gasteiger partial charge in [0.05, 0.1) is 17.7 Å². The highest BCUT2D eigenvalue weighted by Gasteiger charge is 2.20. The average Bonchev–Trinajstić information content (AvgIpc) is 3.27. The summed E-state index contributed by atoms with van der Waals surface area (Å²) in [6.45, 7) is 2.98. The number of aryl methyl sites for hydroxylation is 1. The van der Waals surface area contributed by atoms with Gasteiger partial charge in [-0.25, -0.2) is 15.0 Å². The number of hydrogen-bond acceptors (Lipinski definition) is 6. The Morgan fingerprint density at radius 3 is 2.47 bits per heavy atom. The lowest BCUT2D eigenvalue weighted by Crippen LogP contribution is -2.38. The lowest BCUT2D eigenvalue weighted by molar-refractivity contribution is 0.211. The molecule has 1 aliphatic rings. The molecular weight excluding hydrogens is 422 g/mol. The lowest BCUT2D eigenvalue weighted by Gasteiger charge is -2.32. The van der Waals surface area contributed by atoms with E-state index >= 15 is 0 Å². The highest BCUT2D eigenvalue weighted by molar-refractivity contribution is 5.78. The summed E-state index contributed by atoms with van der Waals surface area (Å²) in [5.74, 6) is 0.928. The molecule has 0 atom stereocenters. The molecule has 3 heterocycles. The van der Waals surface area contributed by atoms with Crippen LogP contribution in [-0.2, 0) is 13.6 Å². The first kappa shape index (κ1) is 21.8. The van der Waals surface area contributed by atoms with E-state index in [0.717, 1.165) is 55.2 Å². The highest BCUT2D eigenvalue weighted by Crippen LogP contribution is 2.31. The molecule has 0 spiro atoms. The van der Waals surface area contributed by atoms with Crippen molar-refractivity contribution in [3.8, 4) is 28.6 Å². The van der Waals surface area contributed by atoms with Crippen LogP contribution in [-0.4, -0.2) is 43.6 Å². The van der Waals surface area contributed by atoms with Gasteiger partial charge in [-0.15, -0.1) is 0 Å². The highest BCUT2D eigenvalue weighted by atomic mass is 15.1. The van der Waals surface area contributed by atoms with Gasteiger partial charge < -0.3 is 9.88 Å².